The van der Waals surface area contributed by atoms with Crippen LogP contribution in [0, 0.1) is 0 Å². The second-order valence-corrected chi connectivity index (χ2v) is 7.10. The van der Waals surface area contributed by atoms with E-state index in [1.165, 1.54) is 5.56 Å². The summed E-state index contributed by atoms with van der Waals surface area (Å²) >= 11 is 3.39. The maximum absolute atomic E-state index is 5.25. The third kappa shape index (κ3) is 3.56. The Balaban J connectivity index is 1.73. The van der Waals surface area contributed by atoms with Gasteiger partial charge >= 0.3 is 0 Å². The number of likely N-dealkylation sites (tertiary alicyclic amines) is 1. The van der Waals surface area contributed by atoms with E-state index in [-0.39, 0.29) is 6.04 Å². The smallest absolute Gasteiger partial charge is 0.145 e. The predicted molar refractivity (Wildman–Crippen MR) is 94.7 cm³/mol. The summed E-state index contributed by atoms with van der Waals surface area (Å²) in [7, 11) is 1.70. The van der Waals surface area contributed by atoms with Crippen LogP contribution in [-0.4, -0.2) is 34.6 Å². The van der Waals surface area contributed by atoms with Crippen LogP contribution < -0.4 is 4.74 Å². The molecule has 0 N–H and O–H groups in total. The largest absolute Gasteiger partial charge is 0.497 e. The minimum Gasteiger partial charge on any atom is -0.497 e. The van der Waals surface area contributed by atoms with Gasteiger partial charge in [0, 0.05) is 25.0 Å². The van der Waals surface area contributed by atoms with E-state index in [0.717, 1.165) is 29.0 Å². The van der Waals surface area contributed by atoms with Crippen molar-refractivity contribution in [3.8, 4) is 5.75 Å². The molecule has 2 heterocycles. The SMILES string of the molecule is COc1ccc([C@@H]2C[C@@H](C)N([C@H](C)c3ncc(Br)cn3)C2)cc1. The Kier molecular flexibility index (Phi) is 4.97. The third-order valence-electron chi connectivity index (χ3n) is 4.72. The summed E-state index contributed by atoms with van der Waals surface area (Å²) in [5.74, 6) is 2.34. The van der Waals surface area contributed by atoms with Crippen molar-refractivity contribution >= 4 is 15.9 Å². The molecular weight excluding hydrogens is 354 g/mol. The number of rotatable bonds is 4. The van der Waals surface area contributed by atoms with E-state index in [4.69, 9.17) is 4.74 Å². The van der Waals surface area contributed by atoms with E-state index in [1.54, 1.807) is 7.11 Å². The molecule has 2 aromatic rings. The second kappa shape index (κ2) is 6.97. The Labute approximate surface area is 146 Å². The molecule has 122 valence electrons. The average Bonchev–Trinajstić information content (AvgIpc) is 2.97. The van der Waals surface area contributed by atoms with Gasteiger partial charge in [0.2, 0.25) is 0 Å². The van der Waals surface area contributed by atoms with Gasteiger partial charge in [-0.2, -0.15) is 0 Å². The van der Waals surface area contributed by atoms with Crippen LogP contribution in [0.4, 0.5) is 0 Å². The van der Waals surface area contributed by atoms with Crippen molar-refractivity contribution < 1.29 is 4.74 Å². The average molecular weight is 376 g/mol. The molecule has 1 fully saturated rings. The van der Waals surface area contributed by atoms with Crippen LogP contribution in [0.15, 0.2) is 41.1 Å². The number of hydrogen-bond acceptors (Lipinski definition) is 4. The molecule has 4 nitrogen and oxygen atoms in total. The van der Waals surface area contributed by atoms with Crippen LogP contribution in [0.3, 0.4) is 0 Å². The molecule has 1 aliphatic rings. The minimum absolute atomic E-state index is 0.223. The molecule has 0 amide bonds. The zero-order valence-electron chi connectivity index (χ0n) is 13.7. The van der Waals surface area contributed by atoms with E-state index in [1.807, 2.05) is 24.5 Å². The highest BCUT2D eigenvalue weighted by Crippen LogP contribution is 2.36. The van der Waals surface area contributed by atoms with E-state index in [2.05, 4.69) is 56.8 Å². The van der Waals surface area contributed by atoms with Crippen LogP contribution in [0.2, 0.25) is 0 Å². The van der Waals surface area contributed by atoms with E-state index in [0.29, 0.717) is 12.0 Å². The molecule has 0 aliphatic carbocycles. The number of methoxy groups -OCH3 is 1. The highest BCUT2D eigenvalue weighted by molar-refractivity contribution is 9.10. The highest BCUT2D eigenvalue weighted by Gasteiger charge is 2.34. The van der Waals surface area contributed by atoms with Gasteiger partial charge in [-0.25, -0.2) is 9.97 Å². The topological polar surface area (TPSA) is 38.2 Å². The van der Waals surface area contributed by atoms with Gasteiger partial charge in [0.15, 0.2) is 0 Å². The highest BCUT2D eigenvalue weighted by atomic mass is 79.9. The Morgan fingerprint density at radius 1 is 1.22 bits per heavy atom. The summed E-state index contributed by atoms with van der Waals surface area (Å²) in [6.07, 6.45) is 4.80. The Hall–Kier alpha value is -1.46. The molecule has 0 bridgehead atoms. The lowest BCUT2D eigenvalue weighted by Gasteiger charge is -2.27. The van der Waals surface area contributed by atoms with Crippen LogP contribution in [0.5, 0.6) is 5.75 Å². The Morgan fingerprint density at radius 3 is 2.48 bits per heavy atom. The van der Waals surface area contributed by atoms with Gasteiger partial charge in [-0.1, -0.05) is 12.1 Å². The Bertz CT molecular complexity index is 644. The number of halogens is 1. The van der Waals surface area contributed by atoms with Crippen molar-refractivity contribution in [3.63, 3.8) is 0 Å². The van der Waals surface area contributed by atoms with Gasteiger partial charge in [-0.05, 0) is 59.8 Å². The van der Waals surface area contributed by atoms with E-state index in [9.17, 15) is 0 Å². The maximum atomic E-state index is 5.25. The fourth-order valence-electron chi connectivity index (χ4n) is 3.40. The van der Waals surface area contributed by atoms with E-state index < -0.39 is 0 Å². The monoisotopic (exact) mass is 375 g/mol. The summed E-state index contributed by atoms with van der Waals surface area (Å²) < 4.78 is 6.16. The van der Waals surface area contributed by atoms with Crippen molar-refractivity contribution in [2.45, 2.75) is 38.3 Å². The zero-order valence-corrected chi connectivity index (χ0v) is 15.3. The first-order chi connectivity index (χ1) is 11.1. The molecule has 5 heteroatoms. The summed E-state index contributed by atoms with van der Waals surface area (Å²) in [5.41, 5.74) is 1.38. The summed E-state index contributed by atoms with van der Waals surface area (Å²) in [6, 6.07) is 9.19. The molecular formula is C18H22BrN3O. The summed E-state index contributed by atoms with van der Waals surface area (Å²) in [4.78, 5) is 11.4. The van der Waals surface area contributed by atoms with Crippen molar-refractivity contribution in [1.29, 1.82) is 0 Å². The van der Waals surface area contributed by atoms with Crippen LogP contribution in [0.1, 0.15) is 43.6 Å². The van der Waals surface area contributed by atoms with Gasteiger partial charge in [0.05, 0.1) is 17.6 Å². The molecule has 1 aliphatic heterocycles. The summed E-state index contributed by atoms with van der Waals surface area (Å²) in [6.45, 7) is 5.52. The Morgan fingerprint density at radius 2 is 1.87 bits per heavy atom. The fraction of sp³-hybridized carbons (Fsp3) is 0.444. The predicted octanol–water partition coefficient (Wildman–Crippen LogP) is 4.19. The van der Waals surface area contributed by atoms with Crippen molar-refractivity contribution in [2.75, 3.05) is 13.7 Å². The van der Waals surface area contributed by atoms with Crippen LogP contribution in [-0.2, 0) is 0 Å². The number of aromatic nitrogens is 2. The molecule has 3 atom stereocenters. The van der Waals surface area contributed by atoms with Crippen LogP contribution >= 0.6 is 15.9 Å². The van der Waals surface area contributed by atoms with Crippen molar-refractivity contribution in [1.82, 2.24) is 14.9 Å². The zero-order chi connectivity index (χ0) is 16.4. The van der Waals surface area contributed by atoms with Gasteiger partial charge in [0.25, 0.3) is 0 Å². The van der Waals surface area contributed by atoms with Crippen molar-refractivity contribution in [3.05, 3.63) is 52.5 Å². The lowest BCUT2D eigenvalue weighted by Crippen LogP contribution is -2.31. The molecule has 0 radical (unpaired) electrons. The van der Waals surface area contributed by atoms with Crippen molar-refractivity contribution in [2.24, 2.45) is 0 Å². The van der Waals surface area contributed by atoms with Gasteiger partial charge < -0.3 is 4.74 Å². The van der Waals surface area contributed by atoms with Gasteiger partial charge in [-0.15, -0.1) is 0 Å². The van der Waals surface area contributed by atoms with Crippen LogP contribution in [0.25, 0.3) is 0 Å². The quantitative estimate of drug-likeness (QED) is 0.802. The fourth-order valence-corrected chi connectivity index (χ4v) is 3.60. The first-order valence-electron chi connectivity index (χ1n) is 7.95. The molecule has 1 aromatic heterocycles. The number of ether oxygens (including phenoxy) is 1. The number of nitrogens with zero attached hydrogens (tertiary/aromatic N) is 3. The second-order valence-electron chi connectivity index (χ2n) is 6.19. The molecule has 23 heavy (non-hydrogen) atoms. The first kappa shape index (κ1) is 16.4. The molecule has 0 saturated carbocycles. The number of benzene rings is 1. The maximum Gasteiger partial charge on any atom is 0.145 e. The minimum atomic E-state index is 0.223. The van der Waals surface area contributed by atoms with Gasteiger partial charge in [0.1, 0.15) is 11.6 Å². The molecule has 0 unspecified atom stereocenters. The first-order valence-corrected chi connectivity index (χ1v) is 8.75. The molecule has 0 spiro atoms. The normalized spacial score (nSPS) is 23.0. The third-order valence-corrected chi connectivity index (χ3v) is 5.13. The molecule has 1 saturated heterocycles. The number of hydrogen-bond donors (Lipinski definition) is 0. The van der Waals surface area contributed by atoms with Gasteiger partial charge in [-0.3, -0.25) is 4.90 Å². The lowest BCUT2D eigenvalue weighted by atomic mass is 9.97. The van der Waals surface area contributed by atoms with E-state index >= 15 is 0 Å². The molecule has 1 aromatic carbocycles. The lowest BCUT2D eigenvalue weighted by molar-refractivity contribution is 0.195. The summed E-state index contributed by atoms with van der Waals surface area (Å²) in [5, 5.41) is 0. The standard InChI is InChI=1S/C18H22BrN3O/c1-12-8-15(14-4-6-17(23-3)7-5-14)11-22(12)13(2)18-20-9-16(19)10-21-18/h4-7,9-10,12-13,15H,8,11H2,1-3H3/t12-,13-,15-/m1/s1. The molecule has 3 rings (SSSR count).